The van der Waals surface area contributed by atoms with Crippen LogP contribution in [0, 0.1) is 11.6 Å². The highest BCUT2D eigenvalue weighted by molar-refractivity contribution is 6.43. The summed E-state index contributed by atoms with van der Waals surface area (Å²) in [6, 6.07) is 7.95. The number of halogens is 4. The minimum Gasteiger partial charge on any atom is -0.391 e. The standard InChI is InChI=1S/C16H9Cl2F2NO2/c17-12-3-1-2-10(14(12)18)15-11(7-22)16(23-21-15)9-5-4-8(19)6-13(9)20/h1-6,22H,7H2. The van der Waals surface area contributed by atoms with E-state index >= 15 is 0 Å². The van der Waals surface area contributed by atoms with Gasteiger partial charge in [0.15, 0.2) is 5.76 Å². The van der Waals surface area contributed by atoms with E-state index in [0.717, 1.165) is 12.1 Å². The lowest BCUT2D eigenvalue weighted by atomic mass is 10.0. The van der Waals surface area contributed by atoms with Crippen molar-refractivity contribution in [3.8, 4) is 22.6 Å². The lowest BCUT2D eigenvalue weighted by Gasteiger charge is -2.05. The highest BCUT2D eigenvalue weighted by Gasteiger charge is 2.22. The van der Waals surface area contributed by atoms with E-state index in [1.54, 1.807) is 18.2 Å². The fourth-order valence-electron chi connectivity index (χ4n) is 2.24. The topological polar surface area (TPSA) is 46.3 Å². The van der Waals surface area contributed by atoms with Gasteiger partial charge >= 0.3 is 0 Å². The lowest BCUT2D eigenvalue weighted by molar-refractivity contribution is 0.281. The van der Waals surface area contributed by atoms with Crippen LogP contribution in [0.4, 0.5) is 8.78 Å². The van der Waals surface area contributed by atoms with Gasteiger partial charge in [-0.25, -0.2) is 8.78 Å². The number of hydrogen-bond acceptors (Lipinski definition) is 3. The summed E-state index contributed by atoms with van der Waals surface area (Å²) in [6.07, 6.45) is 0. The average Bonchev–Trinajstić information content (AvgIpc) is 2.93. The van der Waals surface area contributed by atoms with Crippen LogP contribution in [0.5, 0.6) is 0 Å². The van der Waals surface area contributed by atoms with E-state index in [0.29, 0.717) is 10.6 Å². The first-order valence-electron chi connectivity index (χ1n) is 6.52. The van der Waals surface area contributed by atoms with E-state index in [9.17, 15) is 13.9 Å². The van der Waals surface area contributed by atoms with Crippen molar-refractivity contribution in [3.05, 3.63) is 63.6 Å². The minimum atomic E-state index is -0.820. The van der Waals surface area contributed by atoms with Crippen LogP contribution in [-0.2, 0) is 6.61 Å². The van der Waals surface area contributed by atoms with Gasteiger partial charge in [0, 0.05) is 11.6 Å². The van der Waals surface area contributed by atoms with Crippen LogP contribution in [0.25, 0.3) is 22.6 Å². The molecule has 0 aliphatic carbocycles. The molecule has 0 atom stereocenters. The number of aliphatic hydroxyl groups is 1. The fourth-order valence-corrected chi connectivity index (χ4v) is 2.63. The molecule has 1 N–H and O–H groups in total. The molecule has 0 amide bonds. The van der Waals surface area contributed by atoms with Gasteiger partial charge in [0.1, 0.15) is 17.3 Å². The minimum absolute atomic E-state index is 0.00708. The Morgan fingerprint density at radius 3 is 2.57 bits per heavy atom. The highest BCUT2D eigenvalue weighted by Crippen LogP contribution is 2.38. The van der Waals surface area contributed by atoms with Crippen molar-refractivity contribution in [1.82, 2.24) is 5.16 Å². The molecule has 0 fully saturated rings. The Bertz CT molecular complexity index is 881. The summed E-state index contributed by atoms with van der Waals surface area (Å²) < 4.78 is 32.2. The van der Waals surface area contributed by atoms with E-state index in [1.165, 1.54) is 6.07 Å². The third-order valence-electron chi connectivity index (χ3n) is 3.33. The van der Waals surface area contributed by atoms with E-state index in [-0.39, 0.29) is 27.6 Å². The maximum Gasteiger partial charge on any atom is 0.175 e. The molecule has 3 rings (SSSR count). The second-order valence-electron chi connectivity index (χ2n) is 4.72. The summed E-state index contributed by atoms with van der Waals surface area (Å²) >= 11 is 12.1. The average molecular weight is 356 g/mol. The molecule has 118 valence electrons. The summed E-state index contributed by atoms with van der Waals surface area (Å²) in [4.78, 5) is 0. The first-order chi connectivity index (χ1) is 11.0. The quantitative estimate of drug-likeness (QED) is 0.711. The summed E-state index contributed by atoms with van der Waals surface area (Å²) in [5, 5.41) is 14.1. The molecular formula is C16H9Cl2F2NO2. The number of benzene rings is 2. The Kier molecular flexibility index (Phi) is 4.35. The molecule has 0 bridgehead atoms. The normalized spacial score (nSPS) is 11.0. The molecule has 3 aromatic rings. The molecule has 1 heterocycles. The van der Waals surface area contributed by atoms with Gasteiger partial charge in [0.05, 0.1) is 27.8 Å². The van der Waals surface area contributed by atoms with Crippen LogP contribution < -0.4 is 0 Å². The van der Waals surface area contributed by atoms with Gasteiger partial charge in [-0.05, 0) is 18.2 Å². The number of rotatable bonds is 3. The van der Waals surface area contributed by atoms with Crippen molar-refractivity contribution in [3.63, 3.8) is 0 Å². The molecule has 3 nitrogen and oxygen atoms in total. The second kappa shape index (κ2) is 6.28. The van der Waals surface area contributed by atoms with Crippen molar-refractivity contribution in [2.24, 2.45) is 0 Å². The zero-order valence-corrected chi connectivity index (χ0v) is 13.0. The second-order valence-corrected chi connectivity index (χ2v) is 5.51. The monoisotopic (exact) mass is 355 g/mol. The highest BCUT2D eigenvalue weighted by atomic mass is 35.5. The molecule has 0 radical (unpaired) electrons. The van der Waals surface area contributed by atoms with Crippen molar-refractivity contribution in [2.75, 3.05) is 0 Å². The summed E-state index contributed by atoms with van der Waals surface area (Å²) in [5.41, 5.74) is 0.923. The summed E-state index contributed by atoms with van der Waals surface area (Å²) in [6.45, 7) is -0.464. The molecule has 0 saturated heterocycles. The Labute approximate surface area is 140 Å². The molecule has 0 saturated carbocycles. The molecule has 0 aliphatic rings. The zero-order chi connectivity index (χ0) is 16.6. The van der Waals surface area contributed by atoms with E-state index in [4.69, 9.17) is 27.7 Å². The van der Waals surface area contributed by atoms with Crippen LogP contribution in [0.1, 0.15) is 5.56 Å². The van der Waals surface area contributed by atoms with Crippen molar-refractivity contribution in [1.29, 1.82) is 0 Å². The molecule has 0 spiro atoms. The van der Waals surface area contributed by atoms with Crippen molar-refractivity contribution in [2.45, 2.75) is 6.61 Å². The van der Waals surface area contributed by atoms with Crippen LogP contribution in [0.3, 0.4) is 0 Å². The first kappa shape index (κ1) is 15.9. The van der Waals surface area contributed by atoms with Crippen molar-refractivity contribution >= 4 is 23.2 Å². The molecule has 2 aromatic carbocycles. The third-order valence-corrected chi connectivity index (χ3v) is 4.15. The van der Waals surface area contributed by atoms with E-state index in [1.807, 2.05) is 0 Å². The number of nitrogens with zero attached hydrogens (tertiary/aromatic N) is 1. The van der Waals surface area contributed by atoms with Crippen LogP contribution in [0.15, 0.2) is 40.9 Å². The molecular weight excluding hydrogens is 347 g/mol. The lowest BCUT2D eigenvalue weighted by Crippen LogP contribution is -1.92. The number of hydrogen-bond donors (Lipinski definition) is 1. The van der Waals surface area contributed by atoms with Gasteiger partial charge in [-0.15, -0.1) is 0 Å². The third kappa shape index (κ3) is 2.83. The predicted molar refractivity (Wildman–Crippen MR) is 83.2 cm³/mol. The Morgan fingerprint density at radius 1 is 1.09 bits per heavy atom. The molecule has 0 unspecified atom stereocenters. The maximum atomic E-state index is 14.0. The Balaban J connectivity index is 2.19. The van der Waals surface area contributed by atoms with E-state index < -0.39 is 18.2 Å². The molecule has 23 heavy (non-hydrogen) atoms. The maximum absolute atomic E-state index is 14.0. The van der Waals surface area contributed by atoms with Crippen LogP contribution in [-0.4, -0.2) is 10.3 Å². The van der Waals surface area contributed by atoms with Crippen molar-refractivity contribution < 1.29 is 18.4 Å². The first-order valence-corrected chi connectivity index (χ1v) is 7.27. The largest absolute Gasteiger partial charge is 0.391 e. The predicted octanol–water partition coefficient (Wildman–Crippen LogP) is 5.09. The zero-order valence-electron chi connectivity index (χ0n) is 11.5. The van der Waals surface area contributed by atoms with Gasteiger partial charge in [-0.1, -0.05) is 40.5 Å². The van der Waals surface area contributed by atoms with Gasteiger partial charge in [-0.2, -0.15) is 0 Å². The van der Waals surface area contributed by atoms with Gasteiger partial charge in [-0.3, -0.25) is 0 Å². The van der Waals surface area contributed by atoms with Gasteiger partial charge < -0.3 is 9.63 Å². The van der Waals surface area contributed by atoms with Gasteiger partial charge in [0.25, 0.3) is 0 Å². The summed E-state index contributed by atoms with van der Waals surface area (Å²) in [5.74, 6) is -1.52. The summed E-state index contributed by atoms with van der Waals surface area (Å²) in [7, 11) is 0. The molecule has 1 aromatic heterocycles. The molecule has 0 aliphatic heterocycles. The van der Waals surface area contributed by atoms with E-state index in [2.05, 4.69) is 5.16 Å². The molecule has 7 heteroatoms. The van der Waals surface area contributed by atoms with Crippen LogP contribution in [0.2, 0.25) is 10.0 Å². The number of aliphatic hydroxyl groups excluding tert-OH is 1. The smallest absolute Gasteiger partial charge is 0.175 e. The van der Waals surface area contributed by atoms with Crippen LogP contribution >= 0.6 is 23.2 Å². The fraction of sp³-hybridized carbons (Fsp3) is 0.0625. The van der Waals surface area contributed by atoms with Gasteiger partial charge in [0.2, 0.25) is 0 Å². The number of aromatic nitrogens is 1. The SMILES string of the molecule is OCc1c(-c2cccc(Cl)c2Cl)noc1-c1ccc(F)cc1F. The Hall–Kier alpha value is -1.95. The Morgan fingerprint density at radius 2 is 1.87 bits per heavy atom.